The highest BCUT2D eigenvalue weighted by atomic mass is 35.5. The van der Waals surface area contributed by atoms with Gasteiger partial charge >= 0.3 is 0 Å². The van der Waals surface area contributed by atoms with Crippen LogP contribution in [-0.4, -0.2) is 30.6 Å². The van der Waals surface area contributed by atoms with Crippen molar-refractivity contribution in [1.29, 1.82) is 0 Å². The van der Waals surface area contributed by atoms with E-state index in [1.54, 1.807) is 29.5 Å². The number of hydrogen-bond acceptors (Lipinski definition) is 5. The minimum atomic E-state index is -0.518. The van der Waals surface area contributed by atoms with Crippen molar-refractivity contribution in [1.82, 2.24) is 5.32 Å². The number of hydrogen-bond donors (Lipinski definition) is 3. The van der Waals surface area contributed by atoms with Gasteiger partial charge in [-0.05, 0) is 42.5 Å². The Balaban J connectivity index is 1.63. The van der Waals surface area contributed by atoms with Crippen LogP contribution in [0.2, 0.25) is 5.02 Å². The van der Waals surface area contributed by atoms with Crippen LogP contribution in [0.3, 0.4) is 0 Å². The maximum absolute atomic E-state index is 12.4. The molecule has 0 radical (unpaired) electrons. The maximum Gasteiger partial charge on any atom is 0.253 e. The van der Waals surface area contributed by atoms with Crippen LogP contribution in [0.1, 0.15) is 28.1 Å². The van der Waals surface area contributed by atoms with E-state index in [0.717, 1.165) is 11.3 Å². The topological polar surface area (TPSA) is 93.5 Å². The number of carbonyl (C=O) groups excluding carboxylic acids is 2. The Morgan fingerprint density at radius 3 is 2.85 bits per heavy atom. The molecule has 0 unspecified atom stereocenters. The molecule has 0 spiro atoms. The van der Waals surface area contributed by atoms with Crippen LogP contribution in [0.25, 0.3) is 0 Å². The second kappa shape index (κ2) is 8.64. The van der Waals surface area contributed by atoms with Gasteiger partial charge in [-0.1, -0.05) is 17.7 Å². The van der Waals surface area contributed by atoms with Gasteiger partial charge in [0.15, 0.2) is 0 Å². The number of rotatable bonds is 6. The van der Waals surface area contributed by atoms with Gasteiger partial charge < -0.3 is 21.1 Å². The van der Waals surface area contributed by atoms with Gasteiger partial charge in [0.25, 0.3) is 11.8 Å². The van der Waals surface area contributed by atoms with E-state index >= 15 is 0 Å². The van der Waals surface area contributed by atoms with E-state index in [9.17, 15) is 9.59 Å². The van der Waals surface area contributed by atoms with Gasteiger partial charge in [-0.3, -0.25) is 9.59 Å². The summed E-state index contributed by atoms with van der Waals surface area (Å²) in [4.78, 5) is 25.8. The van der Waals surface area contributed by atoms with Crippen LogP contribution in [-0.2, 0) is 16.1 Å². The lowest BCUT2D eigenvalue weighted by Crippen LogP contribution is -2.30. The molecule has 0 aliphatic carbocycles. The molecule has 3 rings (SSSR count). The molecule has 4 N–H and O–H groups in total. The zero-order valence-electron chi connectivity index (χ0n) is 14.0. The van der Waals surface area contributed by atoms with E-state index in [1.165, 1.54) is 0 Å². The second-order valence-electron chi connectivity index (χ2n) is 6.01. The van der Waals surface area contributed by atoms with Gasteiger partial charge in [-0.2, -0.15) is 0 Å². The van der Waals surface area contributed by atoms with Crippen molar-refractivity contribution in [3.8, 4) is 0 Å². The average molecular weight is 394 g/mol. The van der Waals surface area contributed by atoms with E-state index in [0.29, 0.717) is 35.8 Å². The Hall–Kier alpha value is -1.93. The molecule has 2 amide bonds. The van der Waals surface area contributed by atoms with Crippen LogP contribution < -0.4 is 16.4 Å². The Morgan fingerprint density at radius 2 is 2.15 bits per heavy atom. The fourth-order valence-electron chi connectivity index (χ4n) is 2.75. The van der Waals surface area contributed by atoms with Crippen molar-refractivity contribution in [2.24, 2.45) is 5.73 Å². The third-order valence-electron chi connectivity index (χ3n) is 4.14. The van der Waals surface area contributed by atoms with Gasteiger partial charge in [-0.25, -0.2) is 0 Å². The zero-order valence-corrected chi connectivity index (χ0v) is 15.6. The highest BCUT2D eigenvalue weighted by Gasteiger charge is 2.30. The quantitative estimate of drug-likeness (QED) is 0.703. The van der Waals surface area contributed by atoms with Gasteiger partial charge in [0.2, 0.25) is 0 Å². The molecule has 1 aliphatic heterocycles. The van der Waals surface area contributed by atoms with Crippen molar-refractivity contribution in [2.75, 3.05) is 11.9 Å². The van der Waals surface area contributed by atoms with Crippen molar-refractivity contribution >= 4 is 40.4 Å². The Labute approximate surface area is 160 Å². The predicted molar refractivity (Wildman–Crippen MR) is 103 cm³/mol. The van der Waals surface area contributed by atoms with Crippen LogP contribution in [0.4, 0.5) is 5.69 Å². The molecule has 1 aromatic heterocycles. The van der Waals surface area contributed by atoms with E-state index < -0.39 is 6.10 Å². The van der Waals surface area contributed by atoms with Crippen LogP contribution >= 0.6 is 22.9 Å². The van der Waals surface area contributed by atoms with Crippen molar-refractivity contribution in [2.45, 2.75) is 31.6 Å². The largest absolute Gasteiger partial charge is 0.364 e. The summed E-state index contributed by atoms with van der Waals surface area (Å²) >= 11 is 7.71. The molecule has 2 atom stereocenters. The molecule has 1 fully saturated rings. The van der Waals surface area contributed by atoms with Gasteiger partial charge in [0, 0.05) is 17.1 Å². The molecule has 2 aromatic rings. The number of nitrogens with one attached hydrogen (secondary N) is 2. The first kappa shape index (κ1) is 18.8. The molecule has 1 aromatic carbocycles. The minimum Gasteiger partial charge on any atom is -0.364 e. The molecular formula is C18H20ClN3O3S. The summed E-state index contributed by atoms with van der Waals surface area (Å²) in [7, 11) is 0. The second-order valence-corrected chi connectivity index (χ2v) is 7.45. The average Bonchev–Trinajstić information content (AvgIpc) is 3.32. The molecule has 26 heavy (non-hydrogen) atoms. The first-order chi connectivity index (χ1) is 12.6. The number of benzene rings is 1. The summed E-state index contributed by atoms with van der Waals surface area (Å²) in [5.41, 5.74) is 6.38. The van der Waals surface area contributed by atoms with E-state index in [2.05, 4.69) is 10.6 Å². The van der Waals surface area contributed by atoms with Gasteiger partial charge in [0.05, 0.1) is 23.2 Å². The van der Waals surface area contributed by atoms with Crippen LogP contribution in [0.5, 0.6) is 0 Å². The number of amides is 2. The van der Waals surface area contributed by atoms with E-state index in [4.69, 9.17) is 22.1 Å². The number of nitrogens with two attached hydrogens (primary N) is 1. The number of thiophene rings is 1. The lowest BCUT2D eigenvalue weighted by Gasteiger charge is -2.14. The number of ether oxygens (including phenoxy) is 1. The smallest absolute Gasteiger partial charge is 0.253 e. The van der Waals surface area contributed by atoms with E-state index in [-0.39, 0.29) is 17.9 Å². The summed E-state index contributed by atoms with van der Waals surface area (Å²) in [6.07, 6.45) is 0.811. The lowest BCUT2D eigenvalue weighted by atomic mass is 10.1. The number of anilines is 1. The Morgan fingerprint density at radius 1 is 1.31 bits per heavy atom. The first-order valence-corrected chi connectivity index (χ1v) is 9.59. The Kier molecular flexibility index (Phi) is 6.26. The molecule has 138 valence electrons. The van der Waals surface area contributed by atoms with Crippen molar-refractivity contribution in [3.05, 3.63) is 51.2 Å². The summed E-state index contributed by atoms with van der Waals surface area (Å²) < 4.78 is 5.58. The van der Waals surface area contributed by atoms with E-state index in [1.807, 2.05) is 17.5 Å². The fourth-order valence-corrected chi connectivity index (χ4v) is 3.60. The molecule has 2 heterocycles. The summed E-state index contributed by atoms with van der Waals surface area (Å²) in [6.45, 7) is 0.832. The predicted octanol–water partition coefficient (Wildman–Crippen LogP) is 2.78. The fraction of sp³-hybridized carbons (Fsp3) is 0.333. The lowest BCUT2D eigenvalue weighted by molar-refractivity contribution is -0.126. The third kappa shape index (κ3) is 4.62. The first-order valence-electron chi connectivity index (χ1n) is 8.33. The SMILES string of the molecule is NC[C@H]1CC[C@@H](C(=O)Nc2ccc(Cl)c(C(=O)NCc3cccs3)c2)O1. The monoisotopic (exact) mass is 393 g/mol. The molecule has 0 saturated carbocycles. The molecule has 0 bridgehead atoms. The van der Waals surface area contributed by atoms with Crippen LogP contribution in [0.15, 0.2) is 35.7 Å². The standard InChI is InChI=1S/C18H20ClN3O3S/c19-15-5-3-11(22-18(24)16-6-4-12(9-20)25-16)8-14(15)17(23)21-10-13-2-1-7-26-13/h1-3,5,7-8,12,16H,4,6,9-10,20H2,(H,21,23)(H,22,24)/t12-,16+/m1/s1. The summed E-state index contributed by atoms with van der Waals surface area (Å²) in [5, 5.41) is 7.88. The molecule has 8 heteroatoms. The van der Waals surface area contributed by atoms with Crippen molar-refractivity contribution < 1.29 is 14.3 Å². The zero-order chi connectivity index (χ0) is 18.5. The summed E-state index contributed by atoms with van der Waals surface area (Å²) in [6, 6.07) is 8.69. The number of halogens is 1. The molecule has 1 saturated heterocycles. The van der Waals surface area contributed by atoms with Crippen molar-refractivity contribution in [3.63, 3.8) is 0 Å². The maximum atomic E-state index is 12.4. The highest BCUT2D eigenvalue weighted by molar-refractivity contribution is 7.09. The number of carbonyl (C=O) groups is 2. The molecule has 6 nitrogen and oxygen atoms in total. The van der Waals surface area contributed by atoms with Gasteiger partial charge in [-0.15, -0.1) is 11.3 Å². The van der Waals surface area contributed by atoms with Gasteiger partial charge in [0.1, 0.15) is 6.10 Å². The third-order valence-corrected chi connectivity index (χ3v) is 5.35. The minimum absolute atomic E-state index is 0.0745. The highest BCUT2D eigenvalue weighted by Crippen LogP contribution is 2.23. The molecule has 1 aliphatic rings. The normalized spacial score (nSPS) is 19.3. The molecular weight excluding hydrogens is 374 g/mol. The van der Waals surface area contributed by atoms with Crippen LogP contribution in [0, 0.1) is 0 Å². The Bertz CT molecular complexity index is 782. The summed E-state index contributed by atoms with van der Waals surface area (Å²) in [5.74, 6) is -0.534.